The number of hydrogen-bond acceptors (Lipinski definition) is 4. The van der Waals surface area contributed by atoms with E-state index in [4.69, 9.17) is 0 Å². The van der Waals surface area contributed by atoms with E-state index in [1.54, 1.807) is 18.8 Å². The summed E-state index contributed by atoms with van der Waals surface area (Å²) in [5.74, 6) is -0.525. The van der Waals surface area contributed by atoms with Gasteiger partial charge in [0.1, 0.15) is 5.82 Å². The second kappa shape index (κ2) is 6.51. The van der Waals surface area contributed by atoms with Crippen molar-refractivity contribution in [3.05, 3.63) is 39.2 Å². The van der Waals surface area contributed by atoms with Crippen molar-refractivity contribution in [2.45, 2.75) is 6.92 Å². The van der Waals surface area contributed by atoms with E-state index < -0.39 is 16.6 Å². The third-order valence-corrected chi connectivity index (χ3v) is 3.25. The average Bonchev–Trinajstić information content (AvgIpc) is 2.37. The molecule has 0 spiro atoms. The summed E-state index contributed by atoms with van der Waals surface area (Å²) in [7, 11) is 1.55. The minimum Gasteiger partial charge on any atom is -0.341 e. The van der Waals surface area contributed by atoms with Crippen LogP contribution in [0.5, 0.6) is 0 Å². The average molecular weight is 286 g/mol. The number of hydrogen-bond donors (Lipinski definition) is 0. The molecule has 0 saturated heterocycles. The molecule has 0 aliphatic rings. The van der Waals surface area contributed by atoms with E-state index in [0.717, 1.165) is 17.9 Å². The number of nitrogens with zero attached hydrogens (tertiary/aromatic N) is 2. The van der Waals surface area contributed by atoms with Crippen LogP contribution in [0, 0.1) is 22.9 Å². The Balaban J connectivity index is 3.11. The maximum Gasteiger partial charge on any atom is 0.270 e. The van der Waals surface area contributed by atoms with E-state index in [0.29, 0.717) is 6.54 Å². The molecule has 1 aromatic carbocycles. The number of carbonyl (C=O) groups excluding carboxylic acids is 1. The van der Waals surface area contributed by atoms with Gasteiger partial charge in [0.15, 0.2) is 0 Å². The Kier molecular flexibility index (Phi) is 5.29. The number of halogens is 1. The molecular formula is C12H15FN2O3S. The van der Waals surface area contributed by atoms with Crippen LogP contribution in [0.3, 0.4) is 0 Å². The van der Waals surface area contributed by atoms with Gasteiger partial charge in [0.2, 0.25) is 0 Å². The number of non-ortho nitro benzene ring substituents is 1. The van der Waals surface area contributed by atoms with E-state index in [2.05, 4.69) is 0 Å². The van der Waals surface area contributed by atoms with E-state index in [1.165, 1.54) is 11.8 Å². The summed E-state index contributed by atoms with van der Waals surface area (Å²) < 4.78 is 13.9. The minimum atomic E-state index is -0.702. The predicted molar refractivity (Wildman–Crippen MR) is 73.1 cm³/mol. The van der Waals surface area contributed by atoms with Crippen LogP contribution < -0.4 is 0 Å². The maximum atomic E-state index is 13.9. The number of thioether (sulfide) groups is 1. The fraction of sp³-hybridized carbons (Fsp3) is 0.417. The molecule has 1 aromatic rings. The summed E-state index contributed by atoms with van der Waals surface area (Å²) >= 11 is 1.56. The second-order valence-electron chi connectivity index (χ2n) is 4.10. The number of aryl methyl sites for hydroxylation is 1. The lowest BCUT2D eigenvalue weighted by molar-refractivity contribution is -0.385. The molecule has 7 heteroatoms. The van der Waals surface area contributed by atoms with E-state index >= 15 is 0 Å². The highest BCUT2D eigenvalue weighted by Crippen LogP contribution is 2.22. The Hall–Kier alpha value is -1.63. The molecule has 0 N–H and O–H groups in total. The lowest BCUT2D eigenvalue weighted by Crippen LogP contribution is -2.29. The van der Waals surface area contributed by atoms with Gasteiger partial charge in [-0.3, -0.25) is 14.9 Å². The van der Waals surface area contributed by atoms with Crippen LogP contribution in [0.2, 0.25) is 0 Å². The van der Waals surface area contributed by atoms with Gasteiger partial charge < -0.3 is 4.90 Å². The van der Waals surface area contributed by atoms with Crippen molar-refractivity contribution in [1.82, 2.24) is 4.90 Å². The summed E-state index contributed by atoms with van der Waals surface area (Å²) in [6.45, 7) is 1.86. The van der Waals surface area contributed by atoms with Gasteiger partial charge in [0.05, 0.1) is 10.5 Å². The smallest absolute Gasteiger partial charge is 0.270 e. The van der Waals surface area contributed by atoms with Crippen LogP contribution in [0.25, 0.3) is 0 Å². The molecule has 0 atom stereocenters. The van der Waals surface area contributed by atoms with Crippen LogP contribution in [-0.4, -0.2) is 41.3 Å². The molecule has 1 amide bonds. The third-order valence-electron chi connectivity index (χ3n) is 2.66. The molecule has 104 valence electrons. The van der Waals surface area contributed by atoms with Gasteiger partial charge in [-0.05, 0) is 18.7 Å². The first-order valence-corrected chi connectivity index (χ1v) is 6.96. The Morgan fingerprint density at radius 1 is 1.53 bits per heavy atom. The van der Waals surface area contributed by atoms with E-state index in [9.17, 15) is 19.3 Å². The highest BCUT2D eigenvalue weighted by Gasteiger charge is 2.21. The molecule has 0 aliphatic carbocycles. The maximum absolute atomic E-state index is 13.9. The first-order chi connectivity index (χ1) is 8.88. The van der Waals surface area contributed by atoms with Crippen molar-refractivity contribution in [1.29, 1.82) is 0 Å². The normalized spacial score (nSPS) is 10.3. The van der Waals surface area contributed by atoms with Gasteiger partial charge in [-0.15, -0.1) is 0 Å². The van der Waals surface area contributed by atoms with Gasteiger partial charge in [-0.25, -0.2) is 4.39 Å². The van der Waals surface area contributed by atoms with Crippen LogP contribution in [-0.2, 0) is 0 Å². The third kappa shape index (κ3) is 3.66. The number of nitro benzene ring substituents is 1. The molecule has 0 fully saturated rings. The molecule has 5 nitrogen and oxygen atoms in total. The zero-order valence-corrected chi connectivity index (χ0v) is 11.8. The van der Waals surface area contributed by atoms with Crippen molar-refractivity contribution in [3.63, 3.8) is 0 Å². The zero-order valence-electron chi connectivity index (χ0n) is 11.0. The number of carbonyl (C=O) groups is 1. The summed E-state index contributed by atoms with van der Waals surface area (Å²) in [6, 6.07) is 2.11. The van der Waals surface area contributed by atoms with Crippen LogP contribution in [0.1, 0.15) is 15.9 Å². The Bertz CT molecular complexity index is 508. The number of amides is 1. The van der Waals surface area contributed by atoms with Crippen LogP contribution >= 0.6 is 11.8 Å². The SMILES string of the molecule is CSCCN(C)C(=O)c1cc([N+](=O)[O-])cc(C)c1F. The summed E-state index contributed by atoms with van der Waals surface area (Å²) in [4.78, 5) is 23.5. The topological polar surface area (TPSA) is 63.5 Å². The number of nitro groups is 1. The van der Waals surface area contributed by atoms with Crippen molar-refractivity contribution >= 4 is 23.4 Å². The summed E-state index contributed by atoms with van der Waals surface area (Å²) in [6.07, 6.45) is 1.90. The molecule has 0 unspecified atom stereocenters. The number of benzene rings is 1. The van der Waals surface area contributed by atoms with Crippen molar-refractivity contribution in [2.24, 2.45) is 0 Å². The van der Waals surface area contributed by atoms with E-state index in [-0.39, 0.29) is 16.8 Å². The monoisotopic (exact) mass is 286 g/mol. The minimum absolute atomic E-state index is 0.0933. The molecule has 0 heterocycles. The van der Waals surface area contributed by atoms with Gasteiger partial charge in [0, 0.05) is 31.5 Å². The highest BCUT2D eigenvalue weighted by atomic mass is 32.2. The first kappa shape index (κ1) is 15.4. The molecule has 0 radical (unpaired) electrons. The Labute approximate surface area is 114 Å². The largest absolute Gasteiger partial charge is 0.341 e. The quantitative estimate of drug-likeness (QED) is 0.616. The first-order valence-electron chi connectivity index (χ1n) is 5.57. The molecule has 0 saturated carbocycles. The molecule has 19 heavy (non-hydrogen) atoms. The summed E-state index contributed by atoms with van der Waals surface area (Å²) in [5.41, 5.74) is -0.438. The lowest BCUT2D eigenvalue weighted by Gasteiger charge is -2.17. The second-order valence-corrected chi connectivity index (χ2v) is 5.09. The van der Waals surface area contributed by atoms with Gasteiger partial charge in [0.25, 0.3) is 11.6 Å². The van der Waals surface area contributed by atoms with Crippen LogP contribution in [0.15, 0.2) is 12.1 Å². The highest BCUT2D eigenvalue weighted by molar-refractivity contribution is 7.98. The molecule has 0 aliphatic heterocycles. The van der Waals surface area contributed by atoms with Gasteiger partial charge in [-0.2, -0.15) is 11.8 Å². The van der Waals surface area contributed by atoms with Gasteiger partial charge >= 0.3 is 0 Å². The Morgan fingerprint density at radius 3 is 2.68 bits per heavy atom. The predicted octanol–water partition coefficient (Wildman–Crippen LogP) is 2.48. The fourth-order valence-electron chi connectivity index (χ4n) is 1.55. The standard InChI is InChI=1S/C12H15FN2O3S/c1-8-6-9(15(17)18)7-10(11(8)13)12(16)14(2)4-5-19-3/h6-7H,4-5H2,1-3H3. The lowest BCUT2D eigenvalue weighted by atomic mass is 10.1. The number of rotatable bonds is 5. The van der Waals surface area contributed by atoms with E-state index in [1.807, 2.05) is 6.26 Å². The van der Waals surface area contributed by atoms with Crippen molar-refractivity contribution < 1.29 is 14.1 Å². The molecule has 1 rings (SSSR count). The van der Waals surface area contributed by atoms with Crippen LogP contribution in [0.4, 0.5) is 10.1 Å². The molecule has 0 aromatic heterocycles. The summed E-state index contributed by atoms with van der Waals surface area (Å²) in [5, 5.41) is 10.7. The Morgan fingerprint density at radius 2 is 2.16 bits per heavy atom. The van der Waals surface area contributed by atoms with Crippen molar-refractivity contribution in [3.8, 4) is 0 Å². The van der Waals surface area contributed by atoms with Gasteiger partial charge in [-0.1, -0.05) is 0 Å². The fourth-order valence-corrected chi connectivity index (χ4v) is 2.00. The molecular weight excluding hydrogens is 271 g/mol. The molecule has 0 bridgehead atoms. The van der Waals surface area contributed by atoms with Crippen molar-refractivity contribution in [2.75, 3.05) is 25.6 Å². The zero-order chi connectivity index (χ0) is 14.6.